The third-order valence-corrected chi connectivity index (χ3v) is 8.98. The van der Waals surface area contributed by atoms with Gasteiger partial charge < -0.3 is 8.98 Å². The number of thiazole rings is 1. The van der Waals surface area contributed by atoms with E-state index in [2.05, 4.69) is 16.9 Å². The van der Waals surface area contributed by atoms with Crippen LogP contribution in [0.5, 0.6) is 0 Å². The third-order valence-electron chi connectivity index (χ3n) is 6.20. The van der Waals surface area contributed by atoms with Gasteiger partial charge in [0.25, 0.3) is 0 Å². The Hall–Kier alpha value is -2.94. The average Bonchev–Trinajstić information content (AvgIpc) is 3.51. The highest BCUT2D eigenvalue weighted by Crippen LogP contribution is 2.27. The van der Waals surface area contributed by atoms with Crippen LogP contribution in [-0.4, -0.2) is 30.4 Å². The Morgan fingerprint density at radius 1 is 1.00 bits per heavy atom. The number of nitrogens with zero attached hydrogens (tertiary/aromatic N) is 3. The minimum absolute atomic E-state index is 0.341. The van der Waals surface area contributed by atoms with Crippen molar-refractivity contribution in [1.29, 1.82) is 0 Å². The first-order valence-electron chi connectivity index (χ1n) is 11.4. The third kappa shape index (κ3) is 4.80. The zero-order valence-corrected chi connectivity index (χ0v) is 20.6. The molecule has 1 aliphatic rings. The Labute approximate surface area is 203 Å². The molecular weight excluding hydrogens is 466 g/mol. The lowest BCUT2D eigenvalue weighted by Crippen LogP contribution is -2.37. The van der Waals surface area contributed by atoms with E-state index in [1.807, 2.05) is 54.6 Å². The zero-order chi connectivity index (χ0) is 23.5. The van der Waals surface area contributed by atoms with E-state index in [0.717, 1.165) is 40.3 Å². The van der Waals surface area contributed by atoms with Crippen LogP contribution in [0.15, 0.2) is 92.7 Å². The molecule has 0 radical (unpaired) electrons. The lowest BCUT2D eigenvalue weighted by molar-refractivity contribution is 0.288. The van der Waals surface area contributed by atoms with E-state index in [1.165, 1.54) is 0 Å². The molecule has 4 aromatic rings. The molecule has 1 aliphatic heterocycles. The first-order valence-corrected chi connectivity index (χ1v) is 13.7. The van der Waals surface area contributed by atoms with Gasteiger partial charge in [0.15, 0.2) is 4.80 Å². The van der Waals surface area contributed by atoms with E-state index < -0.39 is 10.0 Å². The fourth-order valence-electron chi connectivity index (χ4n) is 4.15. The number of sulfonamides is 1. The molecule has 1 saturated heterocycles. The first-order chi connectivity index (χ1) is 16.5. The van der Waals surface area contributed by atoms with Crippen LogP contribution in [0.3, 0.4) is 0 Å². The fraction of sp³-hybridized carbons (Fsp3) is 0.269. The molecule has 34 heavy (non-hydrogen) atoms. The molecule has 176 valence electrons. The van der Waals surface area contributed by atoms with E-state index in [-0.39, 0.29) is 0 Å². The summed E-state index contributed by atoms with van der Waals surface area (Å²) in [6.45, 7) is 3.88. The summed E-state index contributed by atoms with van der Waals surface area (Å²) in [5.41, 5.74) is 2.77. The average molecular weight is 494 g/mol. The molecule has 5 rings (SSSR count). The molecule has 0 bridgehead atoms. The monoisotopic (exact) mass is 493 g/mol. The van der Waals surface area contributed by atoms with Gasteiger partial charge in [-0.3, -0.25) is 0 Å². The van der Waals surface area contributed by atoms with Gasteiger partial charge in [-0.1, -0.05) is 37.3 Å². The molecule has 8 heteroatoms. The van der Waals surface area contributed by atoms with Crippen LogP contribution in [0.25, 0.3) is 11.3 Å². The van der Waals surface area contributed by atoms with Gasteiger partial charge in [-0.2, -0.15) is 4.31 Å². The molecule has 0 atom stereocenters. The normalized spacial score (nSPS) is 16.2. The number of hydrogen-bond donors (Lipinski definition) is 0. The Balaban J connectivity index is 1.49. The molecule has 2 aromatic carbocycles. The second-order valence-corrected chi connectivity index (χ2v) is 11.4. The van der Waals surface area contributed by atoms with Crippen LogP contribution in [0.2, 0.25) is 0 Å². The fourth-order valence-corrected chi connectivity index (χ4v) is 6.54. The number of furan rings is 1. The first kappa shape index (κ1) is 22.8. The molecule has 0 saturated carbocycles. The van der Waals surface area contributed by atoms with E-state index in [9.17, 15) is 8.42 Å². The minimum atomic E-state index is -3.48. The maximum absolute atomic E-state index is 13.1. The molecule has 3 heterocycles. The van der Waals surface area contributed by atoms with Crippen molar-refractivity contribution in [1.82, 2.24) is 8.87 Å². The largest absolute Gasteiger partial charge is 0.467 e. The number of para-hydroxylation sites is 1. The van der Waals surface area contributed by atoms with E-state index >= 15 is 0 Å². The van der Waals surface area contributed by atoms with Crippen LogP contribution >= 0.6 is 11.3 Å². The van der Waals surface area contributed by atoms with Crippen molar-refractivity contribution >= 4 is 27.0 Å². The smallest absolute Gasteiger partial charge is 0.243 e. The van der Waals surface area contributed by atoms with Crippen LogP contribution in [-0.2, 0) is 16.6 Å². The van der Waals surface area contributed by atoms with Crippen molar-refractivity contribution in [3.05, 3.63) is 88.9 Å². The SMILES string of the molecule is CC1CCN(S(=O)(=O)c2ccc(-c3csc(=Nc4ccccc4)n3Cc3ccco3)cc2)CC1. The predicted molar refractivity (Wildman–Crippen MR) is 134 cm³/mol. The highest BCUT2D eigenvalue weighted by atomic mass is 32.2. The summed E-state index contributed by atoms with van der Waals surface area (Å²) in [6, 6.07) is 20.8. The van der Waals surface area contributed by atoms with Gasteiger partial charge in [-0.05, 0) is 60.7 Å². The van der Waals surface area contributed by atoms with Gasteiger partial charge in [-0.15, -0.1) is 11.3 Å². The molecule has 0 amide bonds. The van der Waals surface area contributed by atoms with Gasteiger partial charge in [0.05, 0.1) is 29.1 Å². The molecule has 0 aliphatic carbocycles. The number of aromatic nitrogens is 1. The summed E-state index contributed by atoms with van der Waals surface area (Å²) in [5, 5.41) is 2.06. The van der Waals surface area contributed by atoms with Crippen molar-refractivity contribution in [3.8, 4) is 11.3 Å². The molecule has 1 fully saturated rings. The Morgan fingerprint density at radius 3 is 2.41 bits per heavy atom. The molecular formula is C26H27N3O3S2. The summed E-state index contributed by atoms with van der Waals surface area (Å²) < 4.78 is 35.6. The molecule has 0 spiro atoms. The topological polar surface area (TPSA) is 67.8 Å². The predicted octanol–water partition coefficient (Wildman–Crippen LogP) is 5.51. The summed E-state index contributed by atoms with van der Waals surface area (Å²) in [5.74, 6) is 1.40. The maximum Gasteiger partial charge on any atom is 0.243 e. The second kappa shape index (κ2) is 9.74. The molecule has 2 aromatic heterocycles. The van der Waals surface area contributed by atoms with Crippen LogP contribution in [0.4, 0.5) is 5.69 Å². The Bertz CT molecular complexity index is 1400. The maximum atomic E-state index is 13.1. The van der Waals surface area contributed by atoms with Crippen molar-refractivity contribution in [3.63, 3.8) is 0 Å². The Kier molecular flexibility index (Phi) is 6.54. The van der Waals surface area contributed by atoms with Gasteiger partial charge in [0.1, 0.15) is 5.76 Å². The molecule has 0 unspecified atom stereocenters. The number of rotatable bonds is 6. The highest BCUT2D eigenvalue weighted by molar-refractivity contribution is 7.89. The standard InChI is InChI=1S/C26H27N3O3S2/c1-20-13-15-28(16-14-20)34(30,31)24-11-9-21(10-12-24)25-19-33-26(27-22-6-3-2-4-7-22)29(25)18-23-8-5-17-32-23/h2-12,17,19-20H,13-16,18H2,1H3. The highest BCUT2D eigenvalue weighted by Gasteiger charge is 2.28. The second-order valence-electron chi connectivity index (χ2n) is 8.63. The van der Waals surface area contributed by atoms with Gasteiger partial charge in [0.2, 0.25) is 10.0 Å². The van der Waals surface area contributed by atoms with Gasteiger partial charge in [0, 0.05) is 18.5 Å². The zero-order valence-electron chi connectivity index (χ0n) is 19.0. The minimum Gasteiger partial charge on any atom is -0.467 e. The lowest BCUT2D eigenvalue weighted by atomic mass is 10.0. The van der Waals surface area contributed by atoms with Crippen LogP contribution in [0, 0.1) is 5.92 Å². The van der Waals surface area contributed by atoms with Crippen molar-refractivity contribution in [2.24, 2.45) is 10.9 Å². The Morgan fingerprint density at radius 2 is 1.74 bits per heavy atom. The molecule has 6 nitrogen and oxygen atoms in total. The summed E-state index contributed by atoms with van der Waals surface area (Å²) in [6.07, 6.45) is 3.48. The van der Waals surface area contributed by atoms with Crippen molar-refractivity contribution < 1.29 is 12.8 Å². The quantitative estimate of drug-likeness (QED) is 0.356. The van der Waals surface area contributed by atoms with Gasteiger partial charge >= 0.3 is 0 Å². The van der Waals surface area contributed by atoms with E-state index in [0.29, 0.717) is 30.4 Å². The summed E-state index contributed by atoms with van der Waals surface area (Å²) >= 11 is 1.55. The van der Waals surface area contributed by atoms with Crippen molar-refractivity contribution in [2.75, 3.05) is 13.1 Å². The van der Waals surface area contributed by atoms with E-state index in [1.54, 1.807) is 34.0 Å². The molecule has 0 N–H and O–H groups in total. The number of piperidine rings is 1. The number of benzene rings is 2. The lowest BCUT2D eigenvalue weighted by Gasteiger charge is -2.29. The van der Waals surface area contributed by atoms with Gasteiger partial charge in [-0.25, -0.2) is 13.4 Å². The van der Waals surface area contributed by atoms with Crippen LogP contribution < -0.4 is 4.80 Å². The summed E-state index contributed by atoms with van der Waals surface area (Å²) in [7, 11) is -3.48. The van der Waals surface area contributed by atoms with Crippen molar-refractivity contribution in [2.45, 2.75) is 31.2 Å². The number of hydrogen-bond acceptors (Lipinski definition) is 5. The van der Waals surface area contributed by atoms with Crippen LogP contribution in [0.1, 0.15) is 25.5 Å². The summed E-state index contributed by atoms with van der Waals surface area (Å²) in [4.78, 5) is 6.01. The van der Waals surface area contributed by atoms with E-state index in [4.69, 9.17) is 9.41 Å².